The smallest absolute Gasteiger partial charge is 0.314 e. The number of benzene rings is 1. The highest BCUT2D eigenvalue weighted by atomic mass is 16.5. The van der Waals surface area contributed by atoms with Crippen molar-refractivity contribution in [1.29, 1.82) is 0 Å². The number of nitrogens with one attached hydrogen (secondary N) is 2. The van der Waals surface area contributed by atoms with Crippen LogP contribution < -0.4 is 10.6 Å². The molecule has 1 aromatic rings. The Bertz CT molecular complexity index is 543. The summed E-state index contributed by atoms with van der Waals surface area (Å²) < 4.78 is 5.34. The summed E-state index contributed by atoms with van der Waals surface area (Å²) in [6, 6.07) is 8.40. The summed E-state index contributed by atoms with van der Waals surface area (Å²) in [5.41, 5.74) is 2.44. The predicted octanol–water partition coefficient (Wildman–Crippen LogP) is 2.61. The van der Waals surface area contributed by atoms with Crippen LogP contribution in [0.15, 0.2) is 24.3 Å². The van der Waals surface area contributed by atoms with Crippen molar-refractivity contribution in [3.8, 4) is 0 Å². The van der Waals surface area contributed by atoms with Crippen molar-refractivity contribution in [2.75, 3.05) is 32.9 Å². The summed E-state index contributed by atoms with van der Waals surface area (Å²) in [7, 11) is 0. The highest BCUT2D eigenvalue weighted by molar-refractivity contribution is 5.73. The Morgan fingerprint density at radius 1 is 1.16 bits per heavy atom. The maximum atomic E-state index is 12.0. The van der Waals surface area contributed by atoms with E-state index in [2.05, 4.69) is 55.7 Å². The Balaban J connectivity index is 1.71. The van der Waals surface area contributed by atoms with Crippen LogP contribution in [0.4, 0.5) is 4.79 Å². The minimum atomic E-state index is -0.238. The monoisotopic (exact) mass is 348 g/mol. The van der Waals surface area contributed by atoms with Crippen molar-refractivity contribution in [3.63, 3.8) is 0 Å². The molecule has 0 atom stereocenters. The zero-order valence-electron chi connectivity index (χ0n) is 15.7. The molecule has 5 heteroatoms. The molecule has 0 radical (unpaired) electrons. The molecular formula is C20H32N2O3. The number of aliphatic hydroxyl groups excluding tert-OH is 1. The molecule has 3 N–H and O–H groups in total. The second-order valence-electron chi connectivity index (χ2n) is 8.08. The molecule has 1 fully saturated rings. The van der Waals surface area contributed by atoms with Gasteiger partial charge in [-0.3, -0.25) is 0 Å². The number of aliphatic hydroxyl groups is 1. The molecule has 1 heterocycles. The third kappa shape index (κ3) is 6.01. The van der Waals surface area contributed by atoms with Gasteiger partial charge in [0.1, 0.15) is 0 Å². The molecule has 2 rings (SSSR count). The number of carbonyl (C=O) groups is 1. The quantitative estimate of drug-likeness (QED) is 0.740. The molecule has 1 aliphatic rings. The molecule has 1 aromatic carbocycles. The van der Waals surface area contributed by atoms with Crippen LogP contribution >= 0.6 is 0 Å². The van der Waals surface area contributed by atoms with Gasteiger partial charge in [0.15, 0.2) is 0 Å². The summed E-state index contributed by atoms with van der Waals surface area (Å²) in [6.07, 6.45) is 2.37. The average molecular weight is 348 g/mol. The molecule has 2 amide bonds. The second-order valence-corrected chi connectivity index (χ2v) is 8.08. The zero-order valence-corrected chi connectivity index (χ0v) is 15.7. The summed E-state index contributed by atoms with van der Waals surface area (Å²) >= 11 is 0. The first kappa shape index (κ1) is 19.7. The maximum absolute atomic E-state index is 12.0. The van der Waals surface area contributed by atoms with Crippen molar-refractivity contribution < 1.29 is 14.6 Å². The van der Waals surface area contributed by atoms with Crippen LogP contribution in [0.3, 0.4) is 0 Å². The number of hydrogen-bond acceptors (Lipinski definition) is 3. The summed E-state index contributed by atoms with van der Waals surface area (Å²) in [4.78, 5) is 12.0. The van der Waals surface area contributed by atoms with E-state index in [1.807, 2.05) is 0 Å². The van der Waals surface area contributed by atoms with Gasteiger partial charge in [0.25, 0.3) is 0 Å². The standard InChI is InChI=1S/C20H32N2O3/c1-19(2,3)17-6-4-16(5-7-17)8-11-21-18(24)22-14-20(15-23)9-12-25-13-10-20/h4-7,23H,8-15H2,1-3H3,(H2,21,22,24). The second kappa shape index (κ2) is 8.68. The number of rotatable bonds is 6. The summed E-state index contributed by atoms with van der Waals surface area (Å²) in [5.74, 6) is 0. The van der Waals surface area contributed by atoms with Gasteiger partial charge in [-0.25, -0.2) is 4.79 Å². The Morgan fingerprint density at radius 3 is 2.36 bits per heavy atom. The minimum absolute atomic E-state index is 0.0801. The number of carbonyl (C=O) groups excluding carboxylic acids is 1. The number of ether oxygens (including phenoxy) is 1. The highest BCUT2D eigenvalue weighted by Gasteiger charge is 2.32. The summed E-state index contributed by atoms with van der Waals surface area (Å²) in [5, 5.41) is 15.4. The van der Waals surface area contributed by atoms with Gasteiger partial charge in [0, 0.05) is 31.7 Å². The normalized spacial score (nSPS) is 17.1. The lowest BCUT2D eigenvalue weighted by Crippen LogP contribution is -2.47. The van der Waals surface area contributed by atoms with Crippen LogP contribution in [0.1, 0.15) is 44.7 Å². The SMILES string of the molecule is CC(C)(C)c1ccc(CCNC(=O)NCC2(CO)CCOCC2)cc1. The van der Waals surface area contributed by atoms with Gasteiger partial charge in [-0.15, -0.1) is 0 Å². The molecule has 0 bridgehead atoms. The van der Waals surface area contributed by atoms with E-state index >= 15 is 0 Å². The first-order chi connectivity index (χ1) is 11.8. The molecule has 0 saturated carbocycles. The Morgan fingerprint density at radius 2 is 1.80 bits per heavy atom. The molecule has 1 saturated heterocycles. The minimum Gasteiger partial charge on any atom is -0.396 e. The van der Waals surface area contributed by atoms with Crippen LogP contribution in [-0.2, 0) is 16.6 Å². The van der Waals surface area contributed by atoms with Crippen LogP contribution in [0.5, 0.6) is 0 Å². The lowest BCUT2D eigenvalue weighted by atomic mass is 9.81. The van der Waals surface area contributed by atoms with E-state index < -0.39 is 0 Å². The molecule has 0 aromatic heterocycles. The van der Waals surface area contributed by atoms with Crippen LogP contribution in [0.25, 0.3) is 0 Å². The fraction of sp³-hybridized carbons (Fsp3) is 0.650. The Labute approximate surface area is 151 Å². The van der Waals surface area contributed by atoms with Crippen LogP contribution in [-0.4, -0.2) is 44.0 Å². The predicted molar refractivity (Wildman–Crippen MR) is 99.8 cm³/mol. The molecule has 0 unspecified atom stereocenters. The van der Waals surface area contributed by atoms with Gasteiger partial charge in [-0.2, -0.15) is 0 Å². The topological polar surface area (TPSA) is 70.6 Å². The lowest BCUT2D eigenvalue weighted by molar-refractivity contribution is -0.0138. The molecule has 5 nitrogen and oxygen atoms in total. The van der Waals surface area contributed by atoms with E-state index in [9.17, 15) is 9.90 Å². The number of hydrogen-bond donors (Lipinski definition) is 3. The van der Waals surface area contributed by atoms with Crippen molar-refractivity contribution in [3.05, 3.63) is 35.4 Å². The van der Waals surface area contributed by atoms with Crippen molar-refractivity contribution >= 4 is 6.03 Å². The molecule has 0 spiro atoms. The van der Waals surface area contributed by atoms with Crippen LogP contribution in [0.2, 0.25) is 0 Å². The van der Waals surface area contributed by atoms with E-state index in [1.165, 1.54) is 11.1 Å². The Kier molecular flexibility index (Phi) is 6.85. The van der Waals surface area contributed by atoms with Crippen LogP contribution in [0, 0.1) is 5.41 Å². The molecule has 140 valence electrons. The van der Waals surface area contributed by atoms with Gasteiger partial charge < -0.3 is 20.5 Å². The summed E-state index contributed by atoms with van der Waals surface area (Å²) in [6.45, 7) is 9.05. The molecular weight excluding hydrogens is 316 g/mol. The van der Waals surface area contributed by atoms with E-state index in [-0.39, 0.29) is 23.5 Å². The lowest BCUT2D eigenvalue weighted by Gasteiger charge is -2.35. The highest BCUT2D eigenvalue weighted by Crippen LogP contribution is 2.28. The molecule has 25 heavy (non-hydrogen) atoms. The van der Waals surface area contributed by atoms with Gasteiger partial charge in [0.2, 0.25) is 0 Å². The van der Waals surface area contributed by atoms with Crippen molar-refractivity contribution in [1.82, 2.24) is 10.6 Å². The van der Waals surface area contributed by atoms with E-state index in [0.29, 0.717) is 26.3 Å². The van der Waals surface area contributed by atoms with E-state index in [1.54, 1.807) is 0 Å². The third-order valence-electron chi connectivity index (χ3n) is 5.03. The first-order valence-corrected chi connectivity index (χ1v) is 9.14. The van der Waals surface area contributed by atoms with Crippen molar-refractivity contribution in [2.24, 2.45) is 5.41 Å². The van der Waals surface area contributed by atoms with Gasteiger partial charge in [-0.1, -0.05) is 45.0 Å². The fourth-order valence-electron chi connectivity index (χ4n) is 3.02. The third-order valence-corrected chi connectivity index (χ3v) is 5.03. The van der Waals surface area contributed by atoms with E-state index in [4.69, 9.17) is 4.74 Å². The Hall–Kier alpha value is -1.59. The van der Waals surface area contributed by atoms with Gasteiger partial charge in [-0.05, 0) is 35.8 Å². The fourth-order valence-corrected chi connectivity index (χ4v) is 3.02. The van der Waals surface area contributed by atoms with Crippen molar-refractivity contribution in [2.45, 2.75) is 45.4 Å². The largest absolute Gasteiger partial charge is 0.396 e. The number of urea groups is 1. The molecule has 0 aliphatic carbocycles. The first-order valence-electron chi connectivity index (χ1n) is 9.14. The maximum Gasteiger partial charge on any atom is 0.314 e. The zero-order chi connectivity index (χ0) is 18.3. The number of amides is 2. The van der Waals surface area contributed by atoms with E-state index in [0.717, 1.165) is 19.3 Å². The molecule has 1 aliphatic heterocycles. The van der Waals surface area contributed by atoms with Gasteiger partial charge in [0.05, 0.1) is 6.61 Å². The van der Waals surface area contributed by atoms with Gasteiger partial charge >= 0.3 is 6.03 Å². The average Bonchev–Trinajstić information content (AvgIpc) is 2.60.